The number of hydrogen-bond donors (Lipinski definition) is 4. The van der Waals surface area contributed by atoms with Gasteiger partial charge in [0.1, 0.15) is 12.6 Å². The molecule has 3 atom stereocenters. The second-order valence-corrected chi connectivity index (χ2v) is 2.88. The van der Waals surface area contributed by atoms with Crippen LogP contribution in [-0.4, -0.2) is 23.0 Å². The predicted octanol–water partition coefficient (Wildman–Crippen LogP) is -1.74. The fraction of sp³-hybridized carbons (Fsp3) is 0.714. The number of nitrogens with one attached hydrogen (secondary N) is 2. The highest BCUT2D eigenvalue weighted by molar-refractivity contribution is 4.82. The summed E-state index contributed by atoms with van der Waals surface area (Å²) < 4.78 is 0. The van der Waals surface area contributed by atoms with Crippen LogP contribution in [0.25, 0.3) is 0 Å². The van der Waals surface area contributed by atoms with Crippen LogP contribution in [0.4, 0.5) is 0 Å². The Morgan fingerprint density at radius 2 is 1.92 bits per heavy atom. The minimum absolute atomic E-state index is 0.0952. The maximum atomic E-state index is 10.3. The summed E-state index contributed by atoms with van der Waals surface area (Å²) in [7, 11) is 0. The van der Waals surface area contributed by atoms with Gasteiger partial charge in [-0.05, 0) is 6.92 Å². The van der Waals surface area contributed by atoms with Gasteiger partial charge in [-0.3, -0.25) is 0 Å². The summed E-state index contributed by atoms with van der Waals surface area (Å²) in [6.45, 7) is 1.71. The highest BCUT2D eigenvalue weighted by Crippen LogP contribution is 1.89. The van der Waals surface area contributed by atoms with E-state index in [-0.39, 0.29) is 6.54 Å². The molecule has 78 valence electrons. The zero-order valence-corrected chi connectivity index (χ0v) is 7.56. The molecule has 6 heteroatoms. The lowest BCUT2D eigenvalue weighted by atomic mass is 10.2. The minimum atomic E-state index is -0.837. The van der Waals surface area contributed by atoms with Crippen molar-refractivity contribution >= 4 is 0 Å². The third-order valence-electron chi connectivity index (χ3n) is 1.60. The van der Waals surface area contributed by atoms with Gasteiger partial charge in [-0.1, -0.05) is 12.2 Å². The van der Waals surface area contributed by atoms with Crippen LogP contribution in [0.5, 0.6) is 0 Å². The molecule has 0 heterocycles. The second kappa shape index (κ2) is 6.96. The van der Waals surface area contributed by atoms with E-state index in [0.29, 0.717) is 12.8 Å². The number of quaternary nitrogens is 2. The van der Waals surface area contributed by atoms with Crippen molar-refractivity contribution in [1.29, 1.82) is 0 Å². The smallest absolute Gasteiger partial charge is 0.117 e. The lowest BCUT2D eigenvalue weighted by molar-refractivity contribution is -1.07. The molecule has 0 aliphatic rings. The first-order valence-corrected chi connectivity index (χ1v) is 4.13. The monoisotopic (exact) mass is 192 g/mol. The van der Waals surface area contributed by atoms with Gasteiger partial charge in [0.05, 0.1) is 0 Å². The van der Waals surface area contributed by atoms with Crippen molar-refractivity contribution in [2.24, 2.45) is 0 Å². The Labute approximate surface area is 76.8 Å². The average molecular weight is 192 g/mol. The molecule has 0 aromatic heterocycles. The van der Waals surface area contributed by atoms with E-state index in [1.807, 2.05) is 0 Å². The number of rotatable bonds is 6. The summed E-state index contributed by atoms with van der Waals surface area (Å²) in [6.07, 6.45) is 4.33. The first-order valence-electron chi connectivity index (χ1n) is 4.13. The van der Waals surface area contributed by atoms with Crippen molar-refractivity contribution in [2.75, 3.05) is 6.54 Å². The van der Waals surface area contributed by atoms with E-state index in [4.69, 9.17) is 10.4 Å². The summed E-state index contributed by atoms with van der Waals surface area (Å²) >= 11 is 0. The molecule has 0 amide bonds. The molecule has 13 heavy (non-hydrogen) atoms. The summed E-state index contributed by atoms with van der Waals surface area (Å²) in [5, 5.41) is 35.5. The highest BCUT2D eigenvalue weighted by atomic mass is 16.8. The molecular weight excluding hydrogens is 176 g/mol. The molecule has 0 bridgehead atoms. The Balaban J connectivity index is 3.41. The van der Waals surface area contributed by atoms with Crippen LogP contribution in [-0.2, 0) is 0 Å². The third kappa shape index (κ3) is 7.85. The Bertz CT molecular complexity index is 149. The van der Waals surface area contributed by atoms with Crippen LogP contribution in [0.15, 0.2) is 12.2 Å². The predicted molar refractivity (Wildman–Crippen MR) is 44.9 cm³/mol. The SMILES string of the molecule is CC(C/C=C\CC[NH+]([O-])O)[NH+]([O-])O. The van der Waals surface area contributed by atoms with Gasteiger partial charge in [0.25, 0.3) is 0 Å². The Morgan fingerprint density at radius 1 is 1.31 bits per heavy atom. The first-order chi connectivity index (χ1) is 6.04. The molecule has 0 aromatic rings. The average Bonchev–Trinajstić information content (AvgIpc) is 2.02. The number of hydrogen-bond acceptors (Lipinski definition) is 4. The summed E-state index contributed by atoms with van der Waals surface area (Å²) in [5.74, 6) is 0. The van der Waals surface area contributed by atoms with Crippen LogP contribution in [0.1, 0.15) is 19.8 Å². The minimum Gasteiger partial charge on any atom is -0.600 e. The van der Waals surface area contributed by atoms with Crippen molar-refractivity contribution in [3.63, 3.8) is 0 Å². The Hall–Kier alpha value is -0.500. The molecule has 0 saturated heterocycles. The molecule has 0 fully saturated rings. The Morgan fingerprint density at radius 3 is 2.38 bits per heavy atom. The molecule has 6 nitrogen and oxygen atoms in total. The topological polar surface area (TPSA) is 95.5 Å². The Kier molecular flexibility index (Phi) is 6.69. The lowest BCUT2D eigenvalue weighted by Crippen LogP contribution is -3.08. The van der Waals surface area contributed by atoms with Gasteiger partial charge >= 0.3 is 0 Å². The molecular formula is C7H16N2O4. The van der Waals surface area contributed by atoms with Gasteiger partial charge in [0, 0.05) is 12.8 Å². The maximum Gasteiger partial charge on any atom is 0.117 e. The first kappa shape index (κ1) is 12.5. The van der Waals surface area contributed by atoms with E-state index in [1.54, 1.807) is 19.1 Å². The lowest BCUT2D eigenvalue weighted by Gasteiger charge is -2.18. The van der Waals surface area contributed by atoms with E-state index < -0.39 is 16.5 Å². The largest absolute Gasteiger partial charge is 0.600 e. The normalized spacial score (nSPS) is 18.8. The zero-order valence-electron chi connectivity index (χ0n) is 7.56. The van der Waals surface area contributed by atoms with Gasteiger partial charge < -0.3 is 10.4 Å². The quantitative estimate of drug-likeness (QED) is 0.296. The summed E-state index contributed by atoms with van der Waals surface area (Å²) in [4.78, 5) is 0. The molecule has 0 radical (unpaired) electrons. The van der Waals surface area contributed by atoms with Crippen molar-refractivity contribution in [3.8, 4) is 0 Å². The van der Waals surface area contributed by atoms with Crippen LogP contribution < -0.4 is 10.5 Å². The van der Waals surface area contributed by atoms with Crippen molar-refractivity contribution in [1.82, 2.24) is 0 Å². The van der Waals surface area contributed by atoms with Gasteiger partial charge in [-0.15, -0.1) is 0 Å². The van der Waals surface area contributed by atoms with E-state index in [2.05, 4.69) is 0 Å². The van der Waals surface area contributed by atoms with E-state index >= 15 is 0 Å². The van der Waals surface area contributed by atoms with E-state index in [0.717, 1.165) is 0 Å². The van der Waals surface area contributed by atoms with Crippen molar-refractivity contribution in [2.45, 2.75) is 25.8 Å². The van der Waals surface area contributed by atoms with E-state index in [1.165, 1.54) is 0 Å². The highest BCUT2D eigenvalue weighted by Gasteiger charge is 2.03. The molecule has 0 saturated carbocycles. The maximum absolute atomic E-state index is 10.3. The summed E-state index contributed by atoms with van der Waals surface area (Å²) in [5.41, 5.74) is 0. The van der Waals surface area contributed by atoms with Gasteiger partial charge in [0.2, 0.25) is 0 Å². The van der Waals surface area contributed by atoms with Gasteiger partial charge in [-0.25, -0.2) is 20.9 Å². The standard InChI is InChI=1S/C7H16N2O4/c1-7(9(12)13)5-3-2-4-6-8(10)11/h2-3,7-10,12H,4-6H2,1H3/b3-2-. The van der Waals surface area contributed by atoms with Gasteiger partial charge in [-0.2, -0.15) is 0 Å². The van der Waals surface area contributed by atoms with Crippen molar-refractivity contribution < 1.29 is 20.9 Å². The van der Waals surface area contributed by atoms with E-state index in [9.17, 15) is 10.4 Å². The molecule has 4 N–H and O–H groups in total. The number of hydroxylamine groups is 4. The fourth-order valence-corrected chi connectivity index (χ4v) is 0.726. The van der Waals surface area contributed by atoms with Crippen LogP contribution in [0, 0.1) is 10.4 Å². The molecule has 0 aromatic carbocycles. The van der Waals surface area contributed by atoms with Crippen LogP contribution >= 0.6 is 0 Å². The molecule has 0 spiro atoms. The van der Waals surface area contributed by atoms with Crippen LogP contribution in [0.3, 0.4) is 0 Å². The van der Waals surface area contributed by atoms with Gasteiger partial charge in [0.15, 0.2) is 0 Å². The zero-order chi connectivity index (χ0) is 10.3. The summed E-state index contributed by atoms with van der Waals surface area (Å²) in [6, 6.07) is -0.402. The van der Waals surface area contributed by atoms with Crippen LogP contribution in [0.2, 0.25) is 0 Å². The third-order valence-corrected chi connectivity index (χ3v) is 1.60. The van der Waals surface area contributed by atoms with Crippen molar-refractivity contribution in [3.05, 3.63) is 22.6 Å². The molecule has 3 unspecified atom stereocenters. The molecule has 0 aliphatic carbocycles. The molecule has 0 aliphatic heterocycles. The second-order valence-electron chi connectivity index (χ2n) is 2.88. The molecule has 0 rings (SSSR count). The fourth-order valence-electron chi connectivity index (χ4n) is 0.726.